The van der Waals surface area contributed by atoms with Gasteiger partial charge in [0.05, 0.1) is 12.9 Å². The molecule has 0 aromatic carbocycles. The molecule has 0 amide bonds. The van der Waals surface area contributed by atoms with Crippen LogP contribution in [0.25, 0.3) is 11.2 Å². The number of anilines is 1. The number of aliphatic hydroxyl groups excluding tert-OH is 3. The fourth-order valence-corrected chi connectivity index (χ4v) is 5.21. The van der Waals surface area contributed by atoms with E-state index in [9.17, 15) is 15.3 Å². The van der Waals surface area contributed by atoms with Gasteiger partial charge in [-0.05, 0) is 24.3 Å². The van der Waals surface area contributed by atoms with Crippen molar-refractivity contribution in [2.24, 2.45) is 0 Å². The Morgan fingerprint density at radius 2 is 2.10 bits per heavy atom. The second-order valence-electron chi connectivity index (χ2n) is 7.74. The summed E-state index contributed by atoms with van der Waals surface area (Å²) < 4.78 is 7.18. The molecular formula is C19H23N5O4S. The van der Waals surface area contributed by atoms with Gasteiger partial charge in [-0.15, -0.1) is 11.3 Å². The maximum atomic E-state index is 10.3. The molecule has 4 N–H and O–H groups in total. The fraction of sp³-hybridized carbons (Fsp3) is 0.526. The first-order chi connectivity index (χ1) is 14.1. The van der Waals surface area contributed by atoms with Crippen molar-refractivity contribution < 1.29 is 20.1 Å². The van der Waals surface area contributed by atoms with Gasteiger partial charge in [0, 0.05) is 16.8 Å². The largest absolute Gasteiger partial charge is 0.394 e. The van der Waals surface area contributed by atoms with Gasteiger partial charge in [0.1, 0.15) is 24.6 Å². The standard InChI is InChI=1S/C19H23N5O4S/c25-7-11-14(26)15(27)18(28-11)24-10-23-13-16(21-9-22-17(13)24)20-8-19(4-2-5-19)12-3-1-6-29-12/h1,3,6,9-11,14-15,18,25-27H,2,4-5,7-8H2,(H,20,21,22)/t11-,14-,15-,18-/m1/s1. The number of hydrogen-bond acceptors (Lipinski definition) is 9. The van der Waals surface area contributed by atoms with Gasteiger partial charge in [-0.1, -0.05) is 12.5 Å². The Bertz CT molecular complexity index is 990. The van der Waals surface area contributed by atoms with Crippen molar-refractivity contribution in [1.82, 2.24) is 19.5 Å². The van der Waals surface area contributed by atoms with Gasteiger partial charge >= 0.3 is 0 Å². The third kappa shape index (κ3) is 3.03. The van der Waals surface area contributed by atoms with Gasteiger partial charge in [-0.2, -0.15) is 0 Å². The number of ether oxygens (including phenoxy) is 1. The van der Waals surface area contributed by atoms with E-state index in [-0.39, 0.29) is 12.0 Å². The molecule has 0 bridgehead atoms. The lowest BCUT2D eigenvalue weighted by atomic mass is 9.68. The van der Waals surface area contributed by atoms with E-state index in [2.05, 4.69) is 37.8 Å². The first kappa shape index (κ1) is 18.9. The highest BCUT2D eigenvalue weighted by Crippen LogP contribution is 2.45. The summed E-state index contributed by atoms with van der Waals surface area (Å²) >= 11 is 1.79. The molecule has 3 aromatic rings. The average molecular weight is 417 g/mol. The minimum Gasteiger partial charge on any atom is -0.394 e. The highest BCUT2D eigenvalue weighted by Gasteiger charge is 2.44. The molecule has 154 valence electrons. The van der Waals surface area contributed by atoms with Gasteiger partial charge in [0.2, 0.25) is 0 Å². The lowest BCUT2D eigenvalue weighted by Gasteiger charge is -2.41. The number of aromatic nitrogens is 4. The predicted octanol–water partition coefficient (Wildman–Crippen LogP) is 1.03. The minimum absolute atomic E-state index is 0.136. The normalized spacial score (nSPS) is 28.5. The van der Waals surface area contributed by atoms with E-state index >= 15 is 0 Å². The van der Waals surface area contributed by atoms with Crippen LogP contribution < -0.4 is 5.32 Å². The molecule has 29 heavy (non-hydrogen) atoms. The first-order valence-electron chi connectivity index (χ1n) is 9.71. The second kappa shape index (κ2) is 7.29. The SMILES string of the molecule is OC[C@H]1O[C@@H](n2cnc3c(NCC4(c5cccs5)CCC4)ncnc32)[C@H](O)[C@@H]1O. The number of nitrogens with zero attached hydrogens (tertiary/aromatic N) is 4. The van der Waals surface area contributed by atoms with Crippen LogP contribution in [0, 0.1) is 0 Å². The van der Waals surface area contributed by atoms with Crippen molar-refractivity contribution in [2.45, 2.75) is 49.2 Å². The molecule has 2 fully saturated rings. The van der Waals surface area contributed by atoms with Crippen LogP contribution in [0.1, 0.15) is 30.4 Å². The molecule has 1 aliphatic carbocycles. The smallest absolute Gasteiger partial charge is 0.167 e. The van der Waals surface area contributed by atoms with E-state index in [4.69, 9.17) is 4.74 Å². The summed E-state index contributed by atoms with van der Waals surface area (Å²) in [5, 5.41) is 35.2. The maximum absolute atomic E-state index is 10.3. The number of aliphatic hydroxyl groups is 3. The Morgan fingerprint density at radius 3 is 2.76 bits per heavy atom. The molecule has 4 atom stereocenters. The molecule has 9 nitrogen and oxygen atoms in total. The lowest BCUT2D eigenvalue weighted by molar-refractivity contribution is -0.0511. The van der Waals surface area contributed by atoms with Gasteiger partial charge in [-0.25, -0.2) is 15.0 Å². The van der Waals surface area contributed by atoms with Crippen LogP contribution in [0.3, 0.4) is 0 Å². The Labute approximate surface area is 171 Å². The molecule has 10 heteroatoms. The molecule has 2 aliphatic rings. The third-order valence-corrected chi connectivity index (χ3v) is 7.22. The molecule has 0 spiro atoms. The van der Waals surface area contributed by atoms with Gasteiger partial charge in [0.15, 0.2) is 23.2 Å². The molecule has 1 saturated heterocycles. The van der Waals surface area contributed by atoms with Crippen molar-refractivity contribution in [3.05, 3.63) is 35.0 Å². The monoisotopic (exact) mass is 417 g/mol. The van der Waals surface area contributed by atoms with E-state index < -0.39 is 24.5 Å². The van der Waals surface area contributed by atoms with Crippen molar-refractivity contribution in [1.29, 1.82) is 0 Å². The summed E-state index contributed by atoms with van der Waals surface area (Å²) in [7, 11) is 0. The number of imidazole rings is 1. The van der Waals surface area contributed by atoms with Gasteiger partial charge < -0.3 is 25.4 Å². The number of fused-ring (bicyclic) bond motifs is 1. The minimum atomic E-state index is -1.19. The molecule has 0 radical (unpaired) electrons. The number of hydrogen-bond donors (Lipinski definition) is 4. The highest BCUT2D eigenvalue weighted by molar-refractivity contribution is 7.10. The zero-order chi connectivity index (χ0) is 20.0. The van der Waals surface area contributed by atoms with Crippen LogP contribution in [0.15, 0.2) is 30.2 Å². The summed E-state index contributed by atoms with van der Waals surface area (Å²) in [6, 6.07) is 4.28. The van der Waals surface area contributed by atoms with E-state index in [1.165, 1.54) is 24.0 Å². The van der Waals surface area contributed by atoms with Crippen LogP contribution >= 0.6 is 11.3 Å². The van der Waals surface area contributed by atoms with Crippen molar-refractivity contribution in [3.8, 4) is 0 Å². The molecule has 3 aromatic heterocycles. The average Bonchev–Trinajstić information content (AvgIpc) is 3.43. The topological polar surface area (TPSA) is 126 Å². The number of nitrogens with one attached hydrogen (secondary N) is 1. The summed E-state index contributed by atoms with van der Waals surface area (Å²) in [5.74, 6) is 0.628. The van der Waals surface area contributed by atoms with Crippen molar-refractivity contribution >= 4 is 28.3 Å². The fourth-order valence-electron chi connectivity index (χ4n) is 4.22. The Balaban J connectivity index is 1.41. The lowest BCUT2D eigenvalue weighted by Crippen LogP contribution is -2.40. The molecule has 4 heterocycles. The van der Waals surface area contributed by atoms with Crippen LogP contribution in [0.4, 0.5) is 5.82 Å². The zero-order valence-electron chi connectivity index (χ0n) is 15.7. The van der Waals surface area contributed by atoms with E-state index in [0.29, 0.717) is 17.0 Å². The number of thiophene rings is 1. The summed E-state index contributed by atoms with van der Waals surface area (Å²) in [5.41, 5.74) is 1.21. The van der Waals surface area contributed by atoms with E-state index in [1.54, 1.807) is 15.9 Å². The summed E-state index contributed by atoms with van der Waals surface area (Å²) in [6.45, 7) is 0.383. The van der Waals surface area contributed by atoms with Gasteiger partial charge in [0.25, 0.3) is 0 Å². The zero-order valence-corrected chi connectivity index (χ0v) is 16.5. The van der Waals surface area contributed by atoms with Crippen LogP contribution in [0.2, 0.25) is 0 Å². The van der Waals surface area contributed by atoms with Gasteiger partial charge in [-0.3, -0.25) is 4.57 Å². The quantitative estimate of drug-likeness (QED) is 0.469. The molecule has 0 unspecified atom stereocenters. The van der Waals surface area contributed by atoms with Crippen LogP contribution in [0.5, 0.6) is 0 Å². The molecular weight excluding hydrogens is 394 g/mol. The Kier molecular flexibility index (Phi) is 4.75. The van der Waals surface area contributed by atoms with E-state index in [1.807, 2.05) is 0 Å². The first-order valence-corrected chi connectivity index (χ1v) is 10.6. The van der Waals surface area contributed by atoms with Crippen LogP contribution in [-0.4, -0.2) is 66.3 Å². The second-order valence-corrected chi connectivity index (χ2v) is 8.69. The van der Waals surface area contributed by atoms with Crippen molar-refractivity contribution in [3.63, 3.8) is 0 Å². The Hall–Kier alpha value is -2.11. The maximum Gasteiger partial charge on any atom is 0.167 e. The van der Waals surface area contributed by atoms with Crippen molar-refractivity contribution in [2.75, 3.05) is 18.5 Å². The molecule has 1 saturated carbocycles. The predicted molar refractivity (Wildman–Crippen MR) is 107 cm³/mol. The Morgan fingerprint density at radius 1 is 1.24 bits per heavy atom. The summed E-state index contributed by atoms with van der Waals surface area (Å²) in [4.78, 5) is 14.5. The molecule has 1 aliphatic heterocycles. The van der Waals surface area contributed by atoms with Crippen LogP contribution in [-0.2, 0) is 10.2 Å². The summed E-state index contributed by atoms with van der Waals surface area (Å²) in [6.07, 6.45) is 2.39. The van der Waals surface area contributed by atoms with E-state index in [0.717, 1.165) is 19.4 Å². The molecule has 5 rings (SSSR count). The third-order valence-electron chi connectivity index (χ3n) is 6.10. The highest BCUT2D eigenvalue weighted by atomic mass is 32.1. The number of rotatable bonds is 6.